The van der Waals surface area contributed by atoms with Crippen LogP contribution >= 0.6 is 15.9 Å². The maximum absolute atomic E-state index is 3.75. The van der Waals surface area contributed by atoms with Crippen molar-refractivity contribution < 1.29 is 0 Å². The second-order valence-corrected chi connectivity index (χ2v) is 7.67. The summed E-state index contributed by atoms with van der Waals surface area (Å²) in [5.74, 6) is 0. The smallest absolute Gasteiger partial charge is 0.0460 e. The van der Waals surface area contributed by atoms with E-state index in [1.165, 1.54) is 35.0 Å². The minimum absolute atomic E-state index is 0.358. The van der Waals surface area contributed by atoms with Crippen molar-refractivity contribution in [2.75, 3.05) is 6.54 Å². The Kier molecular flexibility index (Phi) is 3.67. The Labute approximate surface area is 129 Å². The van der Waals surface area contributed by atoms with Crippen molar-refractivity contribution in [1.82, 2.24) is 10.3 Å². The van der Waals surface area contributed by atoms with Crippen LogP contribution in [0.25, 0.3) is 10.9 Å². The minimum atomic E-state index is 0.358. The first-order chi connectivity index (χ1) is 9.50. The van der Waals surface area contributed by atoms with Gasteiger partial charge in [-0.2, -0.15) is 0 Å². The van der Waals surface area contributed by atoms with E-state index in [9.17, 15) is 0 Å². The maximum Gasteiger partial charge on any atom is 0.0460 e. The average Bonchev–Trinajstić information content (AvgIpc) is 2.71. The number of nitrogens with one attached hydrogen (secondary N) is 2. The van der Waals surface area contributed by atoms with E-state index in [0.29, 0.717) is 11.5 Å². The van der Waals surface area contributed by atoms with Gasteiger partial charge in [0.15, 0.2) is 0 Å². The molecule has 1 aliphatic rings. The van der Waals surface area contributed by atoms with Crippen molar-refractivity contribution in [3.05, 3.63) is 33.9 Å². The molecule has 0 bridgehead atoms. The van der Waals surface area contributed by atoms with Gasteiger partial charge in [-0.05, 0) is 55.0 Å². The molecule has 2 N–H and O–H groups in total. The zero-order valence-corrected chi connectivity index (χ0v) is 14.1. The summed E-state index contributed by atoms with van der Waals surface area (Å²) >= 11 is 3.61. The Morgan fingerprint density at radius 2 is 2.20 bits per heavy atom. The molecule has 108 valence electrons. The van der Waals surface area contributed by atoms with Crippen LogP contribution in [-0.4, -0.2) is 11.5 Å². The van der Waals surface area contributed by atoms with E-state index >= 15 is 0 Å². The van der Waals surface area contributed by atoms with E-state index in [1.807, 2.05) is 0 Å². The summed E-state index contributed by atoms with van der Waals surface area (Å²) < 4.78 is 1.16. The van der Waals surface area contributed by atoms with Crippen molar-refractivity contribution in [1.29, 1.82) is 0 Å². The maximum atomic E-state index is 3.75. The molecule has 3 heteroatoms. The average molecular weight is 335 g/mol. The van der Waals surface area contributed by atoms with Gasteiger partial charge in [0.1, 0.15) is 0 Å². The molecule has 1 atom stereocenters. The number of rotatable bonds is 3. The van der Waals surface area contributed by atoms with Crippen LogP contribution in [0.1, 0.15) is 50.9 Å². The zero-order valence-electron chi connectivity index (χ0n) is 12.5. The van der Waals surface area contributed by atoms with Crippen molar-refractivity contribution in [2.45, 2.75) is 46.1 Å². The van der Waals surface area contributed by atoms with Gasteiger partial charge in [0, 0.05) is 27.1 Å². The van der Waals surface area contributed by atoms with Gasteiger partial charge >= 0.3 is 0 Å². The van der Waals surface area contributed by atoms with Crippen molar-refractivity contribution >= 4 is 26.8 Å². The van der Waals surface area contributed by atoms with Gasteiger partial charge in [0.05, 0.1) is 0 Å². The first-order valence-electron chi connectivity index (χ1n) is 7.53. The minimum Gasteiger partial charge on any atom is -0.358 e. The van der Waals surface area contributed by atoms with Gasteiger partial charge in [-0.25, -0.2) is 0 Å². The molecule has 0 amide bonds. The molecule has 0 saturated carbocycles. The largest absolute Gasteiger partial charge is 0.358 e. The molecule has 0 fully saturated rings. The summed E-state index contributed by atoms with van der Waals surface area (Å²) in [5.41, 5.74) is 4.53. The lowest BCUT2D eigenvalue weighted by Crippen LogP contribution is -2.33. The van der Waals surface area contributed by atoms with E-state index < -0.39 is 0 Å². The molecule has 2 aromatic rings. The lowest BCUT2D eigenvalue weighted by molar-refractivity contribution is 0.257. The summed E-state index contributed by atoms with van der Waals surface area (Å²) in [7, 11) is 0. The van der Waals surface area contributed by atoms with Gasteiger partial charge in [-0.15, -0.1) is 0 Å². The first kappa shape index (κ1) is 14.2. The second-order valence-electron chi connectivity index (χ2n) is 6.76. The van der Waals surface area contributed by atoms with Gasteiger partial charge in [0.25, 0.3) is 0 Å². The van der Waals surface area contributed by atoms with E-state index in [-0.39, 0.29) is 0 Å². The van der Waals surface area contributed by atoms with Gasteiger partial charge in [-0.1, -0.05) is 36.7 Å². The number of benzene rings is 1. The standard InChI is InChI=1S/C17H23BrN2/c1-4-7-19-14-9-17(2,3)10-15-16(14)12-8-11(18)5-6-13(12)20-15/h5-6,8,14,19-20H,4,7,9-10H2,1-3H3. The second kappa shape index (κ2) is 5.19. The monoisotopic (exact) mass is 334 g/mol. The number of hydrogen-bond donors (Lipinski definition) is 2. The van der Waals surface area contributed by atoms with Crippen LogP contribution in [0.4, 0.5) is 0 Å². The van der Waals surface area contributed by atoms with Crippen LogP contribution < -0.4 is 5.32 Å². The van der Waals surface area contributed by atoms with Gasteiger partial charge in [0.2, 0.25) is 0 Å². The van der Waals surface area contributed by atoms with E-state index in [4.69, 9.17) is 0 Å². The Balaban J connectivity index is 2.11. The molecule has 1 aromatic carbocycles. The van der Waals surface area contributed by atoms with Crippen molar-refractivity contribution in [3.8, 4) is 0 Å². The van der Waals surface area contributed by atoms with Gasteiger partial charge in [-0.3, -0.25) is 0 Å². The van der Waals surface area contributed by atoms with Gasteiger partial charge < -0.3 is 10.3 Å². The molecule has 20 heavy (non-hydrogen) atoms. The number of hydrogen-bond acceptors (Lipinski definition) is 1. The summed E-state index contributed by atoms with van der Waals surface area (Å²) in [6.45, 7) is 8.06. The normalized spacial score (nSPS) is 21.1. The molecule has 1 aliphatic carbocycles. The third kappa shape index (κ3) is 2.53. The molecule has 0 aliphatic heterocycles. The third-order valence-electron chi connectivity index (χ3n) is 4.28. The highest BCUT2D eigenvalue weighted by atomic mass is 79.9. The molecule has 0 saturated heterocycles. The summed E-state index contributed by atoms with van der Waals surface area (Å²) in [5, 5.41) is 5.12. The quantitative estimate of drug-likeness (QED) is 0.817. The number of H-pyrrole nitrogens is 1. The van der Waals surface area contributed by atoms with Crippen molar-refractivity contribution in [2.24, 2.45) is 5.41 Å². The predicted molar refractivity (Wildman–Crippen MR) is 89.1 cm³/mol. The van der Waals surface area contributed by atoms with Crippen LogP contribution in [0.3, 0.4) is 0 Å². The molecule has 3 rings (SSSR count). The summed E-state index contributed by atoms with van der Waals surface area (Å²) in [4.78, 5) is 3.64. The van der Waals surface area contributed by atoms with Crippen molar-refractivity contribution in [3.63, 3.8) is 0 Å². The van der Waals surface area contributed by atoms with Crippen LogP contribution in [0.5, 0.6) is 0 Å². The Morgan fingerprint density at radius 3 is 2.95 bits per heavy atom. The number of aromatic nitrogens is 1. The number of aromatic amines is 1. The topological polar surface area (TPSA) is 27.8 Å². The molecule has 1 aromatic heterocycles. The molecular weight excluding hydrogens is 312 g/mol. The van der Waals surface area contributed by atoms with Crippen LogP contribution in [0, 0.1) is 5.41 Å². The fraction of sp³-hybridized carbons (Fsp3) is 0.529. The zero-order chi connectivity index (χ0) is 14.3. The highest BCUT2D eigenvalue weighted by Gasteiger charge is 2.34. The Morgan fingerprint density at radius 1 is 1.40 bits per heavy atom. The number of fused-ring (bicyclic) bond motifs is 3. The van der Waals surface area contributed by atoms with Crippen LogP contribution in [0.2, 0.25) is 0 Å². The highest BCUT2D eigenvalue weighted by molar-refractivity contribution is 9.10. The molecule has 0 spiro atoms. The lowest BCUT2D eigenvalue weighted by atomic mass is 9.74. The van der Waals surface area contributed by atoms with Crippen LogP contribution in [-0.2, 0) is 6.42 Å². The molecule has 2 nitrogen and oxygen atoms in total. The molecular formula is C17H23BrN2. The van der Waals surface area contributed by atoms with E-state index in [1.54, 1.807) is 0 Å². The highest BCUT2D eigenvalue weighted by Crippen LogP contribution is 2.44. The Hall–Kier alpha value is -0.800. The Bertz CT molecular complexity index is 627. The SMILES string of the molecule is CCCNC1CC(C)(C)Cc2[nH]c3ccc(Br)cc3c21. The molecule has 1 heterocycles. The fourth-order valence-corrected chi connectivity index (χ4v) is 3.84. The third-order valence-corrected chi connectivity index (χ3v) is 4.78. The lowest BCUT2D eigenvalue weighted by Gasteiger charge is -2.36. The first-order valence-corrected chi connectivity index (χ1v) is 8.33. The summed E-state index contributed by atoms with van der Waals surface area (Å²) in [6.07, 6.45) is 3.52. The van der Waals surface area contributed by atoms with E-state index in [0.717, 1.165) is 17.4 Å². The summed E-state index contributed by atoms with van der Waals surface area (Å²) in [6, 6.07) is 7.02. The van der Waals surface area contributed by atoms with Crippen LogP contribution in [0.15, 0.2) is 22.7 Å². The van der Waals surface area contributed by atoms with E-state index in [2.05, 4.69) is 65.2 Å². The predicted octanol–water partition coefficient (Wildman–Crippen LogP) is 4.94. The number of halogens is 1. The molecule has 0 radical (unpaired) electrons. The fourth-order valence-electron chi connectivity index (χ4n) is 3.48. The molecule has 1 unspecified atom stereocenters.